The maximum atomic E-state index is 6.44. The number of rotatable bonds is 5. The highest BCUT2D eigenvalue weighted by molar-refractivity contribution is 6.36. The fourth-order valence-electron chi connectivity index (χ4n) is 2.69. The van der Waals surface area contributed by atoms with Gasteiger partial charge in [-0.15, -0.1) is 35.0 Å². The van der Waals surface area contributed by atoms with Gasteiger partial charge >= 0.3 is 0 Å². The van der Waals surface area contributed by atoms with E-state index in [4.69, 9.17) is 27.8 Å². The van der Waals surface area contributed by atoms with E-state index in [1.807, 2.05) is 17.4 Å². The van der Waals surface area contributed by atoms with E-state index in [0.717, 1.165) is 24.2 Å². The first-order valence-electron chi connectivity index (χ1n) is 7.42. The highest BCUT2D eigenvalue weighted by Gasteiger charge is 2.20. The van der Waals surface area contributed by atoms with Gasteiger partial charge in [0.1, 0.15) is 27.8 Å². The predicted molar refractivity (Wildman–Crippen MR) is 104 cm³/mol. The van der Waals surface area contributed by atoms with E-state index in [1.165, 1.54) is 0 Å². The molecule has 7 nitrogen and oxygen atoms in total. The minimum atomic E-state index is -0.281. The molecule has 0 amide bonds. The van der Waals surface area contributed by atoms with Crippen LogP contribution < -0.4 is 16.2 Å². The number of hydrogen-bond donors (Lipinski definition) is 2. The normalized spacial score (nSPS) is 11.9. The average Bonchev–Trinajstić information content (AvgIpc) is 2.94. The van der Waals surface area contributed by atoms with E-state index < -0.39 is 0 Å². The second-order valence-electron chi connectivity index (χ2n) is 5.39. The van der Waals surface area contributed by atoms with Gasteiger partial charge in [0, 0.05) is 0 Å². The van der Waals surface area contributed by atoms with Gasteiger partial charge in [-0.05, 0) is 38.4 Å². The van der Waals surface area contributed by atoms with Crippen molar-refractivity contribution in [2.75, 3.05) is 13.7 Å². The van der Waals surface area contributed by atoms with Gasteiger partial charge in [0.25, 0.3) is 0 Å². The molecule has 0 aliphatic rings. The smallest absolute Gasteiger partial charge is 0.184 e. The molecule has 4 N–H and O–H groups in total. The summed E-state index contributed by atoms with van der Waals surface area (Å²) in [4.78, 5) is 4.68. The largest absolute Gasteiger partial charge is 0.495 e. The van der Waals surface area contributed by atoms with Gasteiger partial charge in [-0.2, -0.15) is 0 Å². The van der Waals surface area contributed by atoms with Crippen LogP contribution in [0.1, 0.15) is 30.4 Å². The van der Waals surface area contributed by atoms with Crippen molar-refractivity contribution < 1.29 is 4.74 Å². The summed E-state index contributed by atoms with van der Waals surface area (Å²) >= 11 is 6.44. The summed E-state index contributed by atoms with van der Waals surface area (Å²) in [5.41, 5.74) is 14.6. The Morgan fingerprint density at radius 2 is 2.00 bits per heavy atom. The number of aryl methyl sites for hydroxylation is 1. The summed E-state index contributed by atoms with van der Waals surface area (Å²) in [7, 11) is 1.57. The molecule has 1 atom stereocenters. The van der Waals surface area contributed by atoms with E-state index in [0.29, 0.717) is 34.2 Å². The van der Waals surface area contributed by atoms with Crippen LogP contribution in [0.2, 0.25) is 5.02 Å². The zero-order chi connectivity index (χ0) is 16.6. The van der Waals surface area contributed by atoms with Gasteiger partial charge in [-0.3, -0.25) is 4.40 Å². The molecule has 0 saturated carbocycles. The van der Waals surface area contributed by atoms with Gasteiger partial charge in [0.05, 0.1) is 18.7 Å². The lowest BCUT2D eigenvalue weighted by molar-refractivity contribution is 0.415. The van der Waals surface area contributed by atoms with E-state index in [2.05, 4.69) is 15.2 Å². The molecule has 138 valence electrons. The molecule has 3 rings (SSSR count). The summed E-state index contributed by atoms with van der Waals surface area (Å²) in [6.45, 7) is 2.46. The van der Waals surface area contributed by atoms with Crippen LogP contribution in [-0.4, -0.2) is 33.2 Å². The first-order chi connectivity index (χ1) is 11.1. The Bertz CT molecular complexity index is 869. The molecule has 2 heterocycles. The molecule has 1 aromatic carbocycles. The van der Waals surface area contributed by atoms with Gasteiger partial charge in [0.15, 0.2) is 5.65 Å². The molecule has 0 spiro atoms. The van der Waals surface area contributed by atoms with E-state index in [-0.39, 0.29) is 30.9 Å². The van der Waals surface area contributed by atoms with Crippen LogP contribution in [0.15, 0.2) is 12.1 Å². The second-order valence-corrected chi connectivity index (χ2v) is 5.77. The number of fused-ring (bicyclic) bond motifs is 3. The number of hydrogen-bond acceptors (Lipinski definition) is 6. The third-order valence-corrected chi connectivity index (χ3v) is 4.24. The standard InChI is InChI=1S/C15H19ClN6O.2ClH/c1-8-20-21-15-13(9(18)4-3-7-17)19-14-10(22(8)15)5-6-11(23-2)12(14)16;;/h5-6,9H,3-4,7,17-18H2,1-2H3;2*1H. The molecule has 1 unspecified atom stereocenters. The summed E-state index contributed by atoms with van der Waals surface area (Å²) in [5.74, 6) is 1.32. The van der Waals surface area contributed by atoms with Crippen molar-refractivity contribution in [2.45, 2.75) is 25.8 Å². The molecule has 0 aliphatic heterocycles. The van der Waals surface area contributed by atoms with Crippen molar-refractivity contribution in [3.63, 3.8) is 0 Å². The van der Waals surface area contributed by atoms with Gasteiger partial charge in [-0.25, -0.2) is 4.98 Å². The van der Waals surface area contributed by atoms with E-state index >= 15 is 0 Å². The molecule has 0 bridgehead atoms. The monoisotopic (exact) mass is 406 g/mol. The maximum absolute atomic E-state index is 6.44. The molecule has 25 heavy (non-hydrogen) atoms. The Balaban J connectivity index is 0.00000156. The van der Waals surface area contributed by atoms with Crippen LogP contribution in [0.4, 0.5) is 0 Å². The number of benzene rings is 1. The van der Waals surface area contributed by atoms with Crippen molar-refractivity contribution in [3.8, 4) is 5.75 Å². The van der Waals surface area contributed by atoms with Crippen LogP contribution in [0.5, 0.6) is 5.75 Å². The molecule has 0 radical (unpaired) electrons. The third kappa shape index (κ3) is 3.75. The molecule has 0 fully saturated rings. The van der Waals surface area contributed by atoms with Gasteiger partial charge in [-0.1, -0.05) is 11.6 Å². The van der Waals surface area contributed by atoms with E-state index in [1.54, 1.807) is 13.2 Å². The fourth-order valence-corrected chi connectivity index (χ4v) is 2.97. The van der Waals surface area contributed by atoms with E-state index in [9.17, 15) is 0 Å². The molecule has 3 aromatic rings. The molecule has 10 heteroatoms. The quantitative estimate of drug-likeness (QED) is 0.674. The lowest BCUT2D eigenvalue weighted by Gasteiger charge is -2.15. The number of aromatic nitrogens is 4. The maximum Gasteiger partial charge on any atom is 0.184 e. The van der Waals surface area contributed by atoms with Crippen molar-refractivity contribution in [1.82, 2.24) is 19.6 Å². The molecular formula is C15H21Cl3N6O. The van der Waals surface area contributed by atoms with Crippen LogP contribution in [0.3, 0.4) is 0 Å². The minimum absolute atomic E-state index is 0. The Kier molecular flexibility index (Phi) is 7.64. The van der Waals surface area contributed by atoms with Crippen molar-refractivity contribution in [2.24, 2.45) is 11.5 Å². The Morgan fingerprint density at radius 3 is 2.64 bits per heavy atom. The highest BCUT2D eigenvalue weighted by Crippen LogP contribution is 2.33. The fraction of sp³-hybridized carbons (Fsp3) is 0.400. The summed E-state index contributed by atoms with van der Waals surface area (Å²) in [6, 6.07) is 3.42. The zero-order valence-electron chi connectivity index (χ0n) is 13.9. The minimum Gasteiger partial charge on any atom is -0.495 e. The van der Waals surface area contributed by atoms with Gasteiger partial charge in [0.2, 0.25) is 0 Å². The number of ether oxygens (including phenoxy) is 1. The zero-order valence-corrected chi connectivity index (χ0v) is 16.3. The number of nitrogens with two attached hydrogens (primary N) is 2. The lowest BCUT2D eigenvalue weighted by atomic mass is 10.1. The summed E-state index contributed by atoms with van der Waals surface area (Å²) < 4.78 is 7.20. The Hall–Kier alpha value is -1.38. The van der Waals surface area contributed by atoms with Crippen LogP contribution in [0.25, 0.3) is 16.7 Å². The highest BCUT2D eigenvalue weighted by atomic mass is 35.5. The predicted octanol–water partition coefficient (Wildman–Crippen LogP) is 2.83. The third-order valence-electron chi connectivity index (χ3n) is 3.88. The summed E-state index contributed by atoms with van der Waals surface area (Å²) in [5, 5.41) is 8.85. The number of nitrogens with zero attached hydrogens (tertiary/aromatic N) is 4. The molecule has 0 saturated heterocycles. The second kappa shape index (κ2) is 8.82. The number of halogens is 3. The van der Waals surface area contributed by atoms with Crippen LogP contribution in [0, 0.1) is 6.92 Å². The lowest BCUT2D eigenvalue weighted by Crippen LogP contribution is -2.16. The SMILES string of the molecule is COc1ccc2c(nc(C(N)CCCN)c3nnc(C)n32)c1Cl.Cl.Cl. The first kappa shape index (κ1) is 21.7. The Morgan fingerprint density at radius 1 is 1.28 bits per heavy atom. The summed E-state index contributed by atoms with van der Waals surface area (Å²) in [6.07, 6.45) is 1.53. The Labute approximate surface area is 162 Å². The van der Waals surface area contributed by atoms with Crippen LogP contribution in [-0.2, 0) is 0 Å². The molecule has 2 aromatic heterocycles. The average molecular weight is 408 g/mol. The van der Waals surface area contributed by atoms with Crippen LogP contribution >= 0.6 is 36.4 Å². The van der Waals surface area contributed by atoms with Gasteiger partial charge < -0.3 is 16.2 Å². The van der Waals surface area contributed by atoms with Crippen molar-refractivity contribution in [3.05, 3.63) is 28.7 Å². The van der Waals surface area contributed by atoms with Crippen molar-refractivity contribution >= 4 is 53.1 Å². The molecular weight excluding hydrogens is 387 g/mol. The molecule has 0 aliphatic carbocycles. The topological polar surface area (TPSA) is 104 Å². The number of methoxy groups -OCH3 is 1. The first-order valence-corrected chi connectivity index (χ1v) is 7.79. The van der Waals surface area contributed by atoms with Crippen molar-refractivity contribution in [1.29, 1.82) is 0 Å².